The third kappa shape index (κ3) is 3.32. The van der Waals surface area contributed by atoms with Gasteiger partial charge in [-0.15, -0.1) is 11.3 Å². The van der Waals surface area contributed by atoms with Gasteiger partial charge in [-0.1, -0.05) is 6.07 Å². The third-order valence-corrected chi connectivity index (χ3v) is 3.58. The zero-order valence-electron chi connectivity index (χ0n) is 9.61. The van der Waals surface area contributed by atoms with Crippen LogP contribution >= 0.6 is 11.3 Å². The Hall–Kier alpha value is -0.870. The molecule has 0 atom stereocenters. The van der Waals surface area contributed by atoms with E-state index in [2.05, 4.69) is 27.7 Å². The van der Waals surface area contributed by atoms with Crippen molar-refractivity contribution in [3.8, 4) is 0 Å². The average molecular weight is 238 g/mol. The van der Waals surface area contributed by atoms with Crippen LogP contribution in [0, 0.1) is 0 Å². The maximum absolute atomic E-state index is 11.6. The Morgan fingerprint density at radius 2 is 2.44 bits per heavy atom. The summed E-state index contributed by atoms with van der Waals surface area (Å²) >= 11 is 1.76. The molecule has 0 aliphatic heterocycles. The van der Waals surface area contributed by atoms with Crippen molar-refractivity contribution < 1.29 is 4.79 Å². The van der Waals surface area contributed by atoms with Gasteiger partial charge < -0.3 is 5.32 Å². The molecule has 0 radical (unpaired) electrons. The van der Waals surface area contributed by atoms with Crippen molar-refractivity contribution in [2.24, 2.45) is 0 Å². The molecule has 0 bridgehead atoms. The fraction of sp³-hybridized carbons (Fsp3) is 0.583. The molecule has 4 heteroatoms. The van der Waals surface area contributed by atoms with E-state index < -0.39 is 0 Å². The molecule has 1 saturated carbocycles. The molecule has 1 heterocycles. The zero-order chi connectivity index (χ0) is 11.4. The molecule has 2 rings (SSSR count). The van der Waals surface area contributed by atoms with Crippen LogP contribution in [0.3, 0.4) is 0 Å². The number of carbonyl (C=O) groups excluding carboxylic acids is 1. The minimum Gasteiger partial charge on any atom is -0.355 e. The van der Waals surface area contributed by atoms with Crippen molar-refractivity contribution in [3.05, 3.63) is 22.4 Å². The molecule has 1 fully saturated rings. The smallest absolute Gasteiger partial charge is 0.234 e. The number of hydrogen-bond acceptors (Lipinski definition) is 3. The lowest BCUT2D eigenvalue weighted by Crippen LogP contribution is -2.37. The van der Waals surface area contributed by atoms with Crippen molar-refractivity contribution in [1.82, 2.24) is 10.2 Å². The Morgan fingerprint density at radius 3 is 3.00 bits per heavy atom. The molecular weight excluding hydrogens is 220 g/mol. The molecule has 3 nitrogen and oxygen atoms in total. The molecule has 1 N–H and O–H groups in total. The average Bonchev–Trinajstić information content (AvgIpc) is 2.98. The van der Waals surface area contributed by atoms with E-state index in [1.165, 1.54) is 17.7 Å². The summed E-state index contributed by atoms with van der Waals surface area (Å²) in [6, 6.07) is 4.83. The van der Waals surface area contributed by atoms with Gasteiger partial charge in [0, 0.05) is 24.0 Å². The molecule has 1 amide bonds. The van der Waals surface area contributed by atoms with Crippen LogP contribution < -0.4 is 5.32 Å². The normalized spacial score (nSPS) is 15.4. The quantitative estimate of drug-likeness (QED) is 0.820. The van der Waals surface area contributed by atoms with Gasteiger partial charge in [0.05, 0.1) is 6.54 Å². The van der Waals surface area contributed by atoms with Crippen molar-refractivity contribution in [1.29, 1.82) is 0 Å². The van der Waals surface area contributed by atoms with E-state index in [-0.39, 0.29) is 5.91 Å². The number of rotatable bonds is 6. The highest BCUT2D eigenvalue weighted by molar-refractivity contribution is 7.09. The van der Waals surface area contributed by atoms with Gasteiger partial charge in [-0.25, -0.2) is 0 Å². The molecule has 1 aliphatic carbocycles. The maximum Gasteiger partial charge on any atom is 0.234 e. The zero-order valence-corrected chi connectivity index (χ0v) is 10.4. The first-order valence-electron chi connectivity index (χ1n) is 5.82. The topological polar surface area (TPSA) is 32.3 Å². The molecule has 1 aromatic rings. The van der Waals surface area contributed by atoms with Gasteiger partial charge in [-0.3, -0.25) is 9.69 Å². The van der Waals surface area contributed by atoms with Crippen LogP contribution in [0.25, 0.3) is 0 Å². The Morgan fingerprint density at radius 1 is 1.62 bits per heavy atom. The van der Waals surface area contributed by atoms with E-state index in [0.717, 1.165) is 13.1 Å². The molecular formula is C12H18N2OS. The molecule has 0 spiro atoms. The molecule has 16 heavy (non-hydrogen) atoms. The number of nitrogens with zero attached hydrogens (tertiary/aromatic N) is 1. The standard InChI is InChI=1S/C12H18N2OS/c1-2-13-12(15)9-14(10-5-6-10)8-11-4-3-7-16-11/h3-4,7,10H,2,5-6,8-9H2,1H3,(H,13,15). The molecule has 1 aromatic heterocycles. The second-order valence-electron chi connectivity index (χ2n) is 4.17. The van der Waals surface area contributed by atoms with Gasteiger partial charge in [0.25, 0.3) is 0 Å². The van der Waals surface area contributed by atoms with Crippen LogP contribution in [0.15, 0.2) is 17.5 Å². The van der Waals surface area contributed by atoms with Crippen molar-refractivity contribution in [2.75, 3.05) is 13.1 Å². The Bertz CT molecular complexity index is 333. The molecule has 88 valence electrons. The molecule has 0 saturated heterocycles. The lowest BCUT2D eigenvalue weighted by molar-refractivity contribution is -0.122. The summed E-state index contributed by atoms with van der Waals surface area (Å²) in [6.45, 7) is 4.13. The SMILES string of the molecule is CCNC(=O)CN(Cc1cccs1)C1CC1. The lowest BCUT2D eigenvalue weighted by atomic mass is 10.3. The number of hydrogen-bond donors (Lipinski definition) is 1. The molecule has 1 aliphatic rings. The predicted octanol–water partition coefficient (Wildman–Crippen LogP) is 1.85. The maximum atomic E-state index is 11.6. The van der Waals surface area contributed by atoms with Crippen LogP contribution in [0.2, 0.25) is 0 Å². The number of amides is 1. The lowest BCUT2D eigenvalue weighted by Gasteiger charge is -2.20. The summed E-state index contributed by atoms with van der Waals surface area (Å²) in [5.74, 6) is 0.144. The highest BCUT2D eigenvalue weighted by Gasteiger charge is 2.30. The van der Waals surface area contributed by atoms with E-state index in [0.29, 0.717) is 12.6 Å². The highest BCUT2D eigenvalue weighted by Crippen LogP contribution is 2.28. The van der Waals surface area contributed by atoms with Crippen LogP contribution in [-0.4, -0.2) is 29.9 Å². The summed E-state index contributed by atoms with van der Waals surface area (Å²) in [5.41, 5.74) is 0. The van der Waals surface area contributed by atoms with Crippen LogP contribution in [0.4, 0.5) is 0 Å². The fourth-order valence-corrected chi connectivity index (χ4v) is 2.52. The second-order valence-corrected chi connectivity index (χ2v) is 5.20. The van der Waals surface area contributed by atoms with E-state index in [1.54, 1.807) is 11.3 Å². The predicted molar refractivity (Wildman–Crippen MR) is 66.4 cm³/mol. The number of thiophene rings is 1. The third-order valence-electron chi connectivity index (χ3n) is 2.72. The van der Waals surface area contributed by atoms with Gasteiger partial charge in [0.1, 0.15) is 0 Å². The first kappa shape index (κ1) is 11.6. The summed E-state index contributed by atoms with van der Waals surface area (Å²) in [4.78, 5) is 15.2. The summed E-state index contributed by atoms with van der Waals surface area (Å²) in [5, 5.41) is 4.95. The summed E-state index contributed by atoms with van der Waals surface area (Å²) < 4.78 is 0. The van der Waals surface area contributed by atoms with Gasteiger partial charge in [-0.05, 0) is 31.2 Å². The number of carbonyl (C=O) groups is 1. The first-order valence-corrected chi connectivity index (χ1v) is 6.70. The van der Waals surface area contributed by atoms with E-state index in [1.807, 2.05) is 6.92 Å². The minimum absolute atomic E-state index is 0.144. The van der Waals surface area contributed by atoms with Crippen molar-refractivity contribution in [3.63, 3.8) is 0 Å². The van der Waals surface area contributed by atoms with Gasteiger partial charge in [-0.2, -0.15) is 0 Å². The van der Waals surface area contributed by atoms with E-state index >= 15 is 0 Å². The number of nitrogens with one attached hydrogen (secondary N) is 1. The Balaban J connectivity index is 1.87. The van der Waals surface area contributed by atoms with Crippen molar-refractivity contribution in [2.45, 2.75) is 32.4 Å². The van der Waals surface area contributed by atoms with Crippen LogP contribution in [-0.2, 0) is 11.3 Å². The Labute approximate surface area is 100 Å². The van der Waals surface area contributed by atoms with Gasteiger partial charge in [0.2, 0.25) is 5.91 Å². The monoisotopic (exact) mass is 238 g/mol. The van der Waals surface area contributed by atoms with Crippen molar-refractivity contribution >= 4 is 17.2 Å². The van der Waals surface area contributed by atoms with Crippen LogP contribution in [0.1, 0.15) is 24.6 Å². The van der Waals surface area contributed by atoms with Gasteiger partial charge in [0.15, 0.2) is 0 Å². The van der Waals surface area contributed by atoms with E-state index in [4.69, 9.17) is 0 Å². The second kappa shape index (κ2) is 5.46. The van der Waals surface area contributed by atoms with Gasteiger partial charge >= 0.3 is 0 Å². The Kier molecular flexibility index (Phi) is 3.96. The highest BCUT2D eigenvalue weighted by atomic mass is 32.1. The first-order chi connectivity index (χ1) is 7.79. The minimum atomic E-state index is 0.144. The number of likely N-dealkylation sites (N-methyl/N-ethyl adjacent to an activating group) is 1. The molecule has 0 unspecified atom stereocenters. The van der Waals surface area contributed by atoms with E-state index in [9.17, 15) is 4.79 Å². The fourth-order valence-electron chi connectivity index (χ4n) is 1.79. The largest absolute Gasteiger partial charge is 0.355 e. The summed E-state index contributed by atoms with van der Waals surface area (Å²) in [7, 11) is 0. The van der Waals surface area contributed by atoms with Crippen LogP contribution in [0.5, 0.6) is 0 Å². The molecule has 0 aromatic carbocycles. The summed E-state index contributed by atoms with van der Waals surface area (Å²) in [6.07, 6.45) is 2.48.